The molecule has 0 heterocycles. The van der Waals surface area contributed by atoms with Crippen molar-refractivity contribution in [2.75, 3.05) is 11.3 Å². The van der Waals surface area contributed by atoms with Gasteiger partial charge in [-0.05, 0) is 48.9 Å². The lowest BCUT2D eigenvalue weighted by Crippen LogP contribution is -2.24. The van der Waals surface area contributed by atoms with Crippen molar-refractivity contribution in [2.24, 2.45) is 0 Å². The molecule has 0 saturated heterocycles. The van der Waals surface area contributed by atoms with Gasteiger partial charge in [0.2, 0.25) is 0 Å². The number of hydrogen-bond acceptors (Lipinski definition) is 3. The first-order chi connectivity index (χ1) is 11.9. The number of benzene rings is 2. The molecule has 0 aromatic heterocycles. The minimum Gasteiger partial charge on any atom is -0.352 e. The average molecular weight is 425 g/mol. The van der Waals surface area contributed by atoms with Crippen molar-refractivity contribution in [3.8, 4) is 0 Å². The summed E-state index contributed by atoms with van der Waals surface area (Å²) in [5.74, 6) is -0.267. The van der Waals surface area contributed by atoms with Crippen LogP contribution in [0.2, 0.25) is 0 Å². The normalized spacial score (nSPS) is 11.1. The summed E-state index contributed by atoms with van der Waals surface area (Å²) in [4.78, 5) is 12.2. The van der Waals surface area contributed by atoms with Crippen molar-refractivity contribution < 1.29 is 13.2 Å². The van der Waals surface area contributed by atoms with Crippen LogP contribution >= 0.6 is 15.9 Å². The smallest absolute Gasteiger partial charge is 0.261 e. The van der Waals surface area contributed by atoms with Crippen LogP contribution in [-0.4, -0.2) is 20.9 Å². The predicted octanol–water partition coefficient (Wildman–Crippen LogP) is 4.17. The van der Waals surface area contributed by atoms with Gasteiger partial charge >= 0.3 is 0 Å². The molecule has 2 rings (SSSR count). The molecule has 0 aliphatic carbocycles. The zero-order valence-electron chi connectivity index (χ0n) is 14.0. The SMILES string of the molecule is CCCCCNC(=O)c1cccc(S(=O)(=O)Nc2ccc(Br)cc2)c1. The highest BCUT2D eigenvalue weighted by Gasteiger charge is 2.16. The van der Waals surface area contributed by atoms with E-state index in [-0.39, 0.29) is 10.8 Å². The average Bonchev–Trinajstić information content (AvgIpc) is 2.60. The molecule has 0 unspecified atom stereocenters. The van der Waals surface area contributed by atoms with E-state index in [0.717, 1.165) is 23.7 Å². The standard InChI is InChI=1S/C18H21BrN2O3S/c1-2-3-4-12-20-18(22)14-6-5-7-17(13-14)25(23,24)21-16-10-8-15(19)9-11-16/h5-11,13,21H,2-4,12H2,1H3,(H,20,22). The number of nitrogens with one attached hydrogen (secondary N) is 2. The predicted molar refractivity (Wildman–Crippen MR) is 103 cm³/mol. The van der Waals surface area contributed by atoms with Crippen LogP contribution in [0.25, 0.3) is 0 Å². The fourth-order valence-corrected chi connectivity index (χ4v) is 3.58. The number of amides is 1. The fraction of sp³-hybridized carbons (Fsp3) is 0.278. The van der Waals surface area contributed by atoms with E-state index in [1.54, 1.807) is 36.4 Å². The molecular formula is C18H21BrN2O3S. The maximum absolute atomic E-state index is 12.5. The van der Waals surface area contributed by atoms with Gasteiger partial charge in [0.15, 0.2) is 0 Å². The van der Waals surface area contributed by atoms with Gasteiger partial charge in [0.1, 0.15) is 0 Å². The quantitative estimate of drug-likeness (QED) is 0.624. The minimum atomic E-state index is -3.76. The highest BCUT2D eigenvalue weighted by Crippen LogP contribution is 2.19. The Morgan fingerprint density at radius 1 is 1.08 bits per heavy atom. The third kappa shape index (κ3) is 5.86. The molecule has 2 aromatic rings. The summed E-state index contributed by atoms with van der Waals surface area (Å²) >= 11 is 3.30. The van der Waals surface area contributed by atoms with Crippen LogP contribution in [0, 0.1) is 0 Å². The molecule has 0 aliphatic heterocycles. The lowest BCUT2D eigenvalue weighted by atomic mass is 10.2. The highest BCUT2D eigenvalue weighted by atomic mass is 79.9. The molecular weight excluding hydrogens is 404 g/mol. The number of carbonyl (C=O) groups is 1. The van der Waals surface area contributed by atoms with Gasteiger partial charge in [0.05, 0.1) is 4.90 Å². The summed E-state index contributed by atoms with van der Waals surface area (Å²) in [6, 6.07) is 12.8. The van der Waals surface area contributed by atoms with Crippen molar-refractivity contribution in [1.82, 2.24) is 5.32 Å². The summed E-state index contributed by atoms with van der Waals surface area (Å²) in [5, 5.41) is 2.81. The Morgan fingerprint density at radius 2 is 1.80 bits per heavy atom. The molecule has 0 radical (unpaired) electrons. The van der Waals surface area contributed by atoms with Crippen LogP contribution in [0.3, 0.4) is 0 Å². The lowest BCUT2D eigenvalue weighted by Gasteiger charge is -2.10. The highest BCUT2D eigenvalue weighted by molar-refractivity contribution is 9.10. The van der Waals surface area contributed by atoms with E-state index in [0.29, 0.717) is 17.8 Å². The molecule has 134 valence electrons. The van der Waals surface area contributed by atoms with Crippen molar-refractivity contribution in [3.63, 3.8) is 0 Å². The van der Waals surface area contributed by atoms with Crippen LogP contribution in [0.15, 0.2) is 57.9 Å². The van der Waals surface area contributed by atoms with Gasteiger partial charge in [-0.1, -0.05) is 41.8 Å². The molecule has 5 nitrogen and oxygen atoms in total. The zero-order valence-corrected chi connectivity index (χ0v) is 16.4. The third-order valence-corrected chi connectivity index (χ3v) is 5.48. The lowest BCUT2D eigenvalue weighted by molar-refractivity contribution is 0.0952. The maximum atomic E-state index is 12.5. The fourth-order valence-electron chi connectivity index (χ4n) is 2.22. The maximum Gasteiger partial charge on any atom is 0.261 e. The number of anilines is 1. The summed E-state index contributed by atoms with van der Waals surface area (Å²) < 4.78 is 28.4. The van der Waals surface area contributed by atoms with Gasteiger partial charge in [-0.25, -0.2) is 8.42 Å². The first-order valence-corrected chi connectivity index (χ1v) is 10.4. The number of rotatable bonds is 8. The summed E-state index contributed by atoms with van der Waals surface area (Å²) in [7, 11) is -3.76. The van der Waals surface area contributed by atoms with Crippen LogP contribution in [0.4, 0.5) is 5.69 Å². The van der Waals surface area contributed by atoms with E-state index in [9.17, 15) is 13.2 Å². The summed E-state index contributed by atoms with van der Waals surface area (Å²) in [5.41, 5.74) is 0.785. The Balaban J connectivity index is 2.10. The van der Waals surface area contributed by atoms with Crippen LogP contribution < -0.4 is 10.0 Å². The van der Waals surface area contributed by atoms with Gasteiger partial charge in [0.25, 0.3) is 15.9 Å². The van der Waals surface area contributed by atoms with Crippen LogP contribution in [0.1, 0.15) is 36.5 Å². The molecule has 0 atom stereocenters. The van der Waals surface area contributed by atoms with Gasteiger partial charge in [0, 0.05) is 22.3 Å². The van der Waals surface area contributed by atoms with E-state index in [2.05, 4.69) is 32.9 Å². The van der Waals surface area contributed by atoms with Gasteiger partial charge in [-0.2, -0.15) is 0 Å². The largest absolute Gasteiger partial charge is 0.352 e. The third-order valence-electron chi connectivity index (χ3n) is 3.57. The molecule has 2 aromatic carbocycles. The Bertz CT molecular complexity index is 820. The zero-order chi connectivity index (χ0) is 18.3. The molecule has 2 N–H and O–H groups in total. The van der Waals surface area contributed by atoms with Crippen molar-refractivity contribution in [3.05, 3.63) is 58.6 Å². The second-order valence-electron chi connectivity index (χ2n) is 5.60. The summed E-state index contributed by atoms with van der Waals surface area (Å²) in [6.07, 6.45) is 3.03. The van der Waals surface area contributed by atoms with E-state index in [4.69, 9.17) is 0 Å². The number of halogens is 1. The molecule has 0 bridgehead atoms. The first kappa shape index (κ1) is 19.5. The van der Waals surface area contributed by atoms with E-state index in [1.807, 2.05) is 0 Å². The second-order valence-corrected chi connectivity index (χ2v) is 8.20. The minimum absolute atomic E-state index is 0.0524. The number of sulfonamides is 1. The van der Waals surface area contributed by atoms with E-state index in [1.165, 1.54) is 12.1 Å². The van der Waals surface area contributed by atoms with Gasteiger partial charge in [-0.3, -0.25) is 9.52 Å². The van der Waals surface area contributed by atoms with Gasteiger partial charge in [-0.15, -0.1) is 0 Å². The number of unbranched alkanes of at least 4 members (excludes halogenated alkanes) is 2. The second kappa shape index (κ2) is 9.01. The van der Waals surface area contributed by atoms with Crippen LogP contribution in [-0.2, 0) is 10.0 Å². The first-order valence-electron chi connectivity index (χ1n) is 8.09. The molecule has 0 spiro atoms. The Labute approximate surface area is 157 Å². The topological polar surface area (TPSA) is 75.3 Å². The van der Waals surface area contributed by atoms with Crippen molar-refractivity contribution in [2.45, 2.75) is 31.1 Å². The number of carbonyl (C=O) groups excluding carboxylic acids is 1. The summed E-state index contributed by atoms with van der Waals surface area (Å²) in [6.45, 7) is 2.68. The Hall–Kier alpha value is -1.86. The molecule has 0 saturated carbocycles. The molecule has 0 aliphatic rings. The molecule has 1 amide bonds. The van der Waals surface area contributed by atoms with Crippen molar-refractivity contribution >= 4 is 37.5 Å². The number of hydrogen-bond donors (Lipinski definition) is 2. The Morgan fingerprint density at radius 3 is 2.48 bits per heavy atom. The van der Waals surface area contributed by atoms with Crippen LogP contribution in [0.5, 0.6) is 0 Å². The molecule has 25 heavy (non-hydrogen) atoms. The Kier molecular flexibility index (Phi) is 7.01. The monoisotopic (exact) mass is 424 g/mol. The molecule has 7 heteroatoms. The van der Waals surface area contributed by atoms with Gasteiger partial charge < -0.3 is 5.32 Å². The van der Waals surface area contributed by atoms with Crippen molar-refractivity contribution in [1.29, 1.82) is 0 Å². The van der Waals surface area contributed by atoms with E-state index < -0.39 is 10.0 Å². The van der Waals surface area contributed by atoms with E-state index >= 15 is 0 Å². The molecule has 0 fully saturated rings.